The summed E-state index contributed by atoms with van der Waals surface area (Å²) in [7, 11) is 6.02. The number of likely N-dealkylation sites (N-methyl/N-ethyl adjacent to an activating group) is 1. The van der Waals surface area contributed by atoms with E-state index in [1.165, 1.54) is 5.56 Å². The molecular weight excluding hydrogens is 352 g/mol. The summed E-state index contributed by atoms with van der Waals surface area (Å²) >= 11 is 0. The Balaban J connectivity index is 1.46. The molecule has 1 fully saturated rings. The number of methoxy groups -OCH3 is 1. The molecule has 28 heavy (non-hydrogen) atoms. The quantitative estimate of drug-likeness (QED) is 0.656. The van der Waals surface area contributed by atoms with Gasteiger partial charge in [0.15, 0.2) is 11.6 Å². The third kappa shape index (κ3) is 3.93. The van der Waals surface area contributed by atoms with Crippen molar-refractivity contribution in [3.8, 4) is 17.3 Å². The van der Waals surface area contributed by atoms with Crippen LogP contribution in [0.3, 0.4) is 0 Å². The van der Waals surface area contributed by atoms with Gasteiger partial charge in [-0.2, -0.15) is 0 Å². The lowest BCUT2D eigenvalue weighted by molar-refractivity contribution is 0.259. The molecular formula is C22H26N4O2. The molecule has 2 atom stereocenters. The number of ether oxygens (including phenoxy) is 1. The lowest BCUT2D eigenvalue weighted by Crippen LogP contribution is -2.34. The number of nitrogens with zero attached hydrogens (tertiary/aromatic N) is 4. The lowest BCUT2D eigenvalue weighted by atomic mass is 9.93. The van der Waals surface area contributed by atoms with Crippen LogP contribution in [-0.2, 0) is 6.54 Å². The molecule has 4 rings (SSSR count). The van der Waals surface area contributed by atoms with Crippen LogP contribution in [0, 0.1) is 0 Å². The van der Waals surface area contributed by atoms with Gasteiger partial charge in [0.25, 0.3) is 0 Å². The van der Waals surface area contributed by atoms with E-state index in [2.05, 4.69) is 46.0 Å². The van der Waals surface area contributed by atoms with Crippen LogP contribution in [0.4, 0.5) is 0 Å². The van der Waals surface area contributed by atoms with Crippen molar-refractivity contribution >= 4 is 0 Å². The largest absolute Gasteiger partial charge is 0.497 e. The van der Waals surface area contributed by atoms with E-state index < -0.39 is 0 Å². The maximum atomic E-state index is 5.36. The smallest absolute Gasteiger partial charge is 0.195 e. The maximum absolute atomic E-state index is 5.36. The van der Waals surface area contributed by atoms with E-state index in [0.717, 1.165) is 30.9 Å². The number of furan rings is 1. The molecule has 0 saturated carbocycles. The molecule has 1 saturated heterocycles. The molecule has 1 aliphatic heterocycles. The first-order valence-electron chi connectivity index (χ1n) is 9.51. The molecule has 1 aliphatic rings. The van der Waals surface area contributed by atoms with Crippen molar-refractivity contribution in [3.05, 3.63) is 66.2 Å². The Hall–Kier alpha value is -2.70. The number of hydrogen-bond donors (Lipinski definition) is 0. The fraction of sp³-hybridized carbons (Fsp3) is 0.364. The highest BCUT2D eigenvalue weighted by Crippen LogP contribution is 2.32. The predicted molar refractivity (Wildman–Crippen MR) is 108 cm³/mol. The molecule has 2 aromatic heterocycles. The second-order valence-corrected chi connectivity index (χ2v) is 7.50. The molecule has 0 spiro atoms. The minimum Gasteiger partial charge on any atom is -0.497 e. The summed E-state index contributed by atoms with van der Waals surface area (Å²) in [6.45, 7) is 2.87. The van der Waals surface area contributed by atoms with Gasteiger partial charge in [-0.3, -0.25) is 4.90 Å². The molecule has 0 unspecified atom stereocenters. The van der Waals surface area contributed by atoms with Crippen LogP contribution in [0.25, 0.3) is 11.6 Å². The number of hydrogen-bond acceptors (Lipinski definition) is 6. The highest BCUT2D eigenvalue weighted by atomic mass is 16.5. The van der Waals surface area contributed by atoms with Gasteiger partial charge in [-0.05, 0) is 43.9 Å². The van der Waals surface area contributed by atoms with Crippen LogP contribution in [0.2, 0.25) is 0 Å². The third-order valence-corrected chi connectivity index (χ3v) is 5.42. The van der Waals surface area contributed by atoms with E-state index in [4.69, 9.17) is 9.15 Å². The van der Waals surface area contributed by atoms with Crippen LogP contribution in [-0.4, -0.2) is 60.1 Å². The summed E-state index contributed by atoms with van der Waals surface area (Å²) in [5.74, 6) is 2.68. The fourth-order valence-electron chi connectivity index (χ4n) is 3.92. The number of rotatable bonds is 6. The minimum atomic E-state index is 0.462. The van der Waals surface area contributed by atoms with E-state index in [-0.39, 0.29) is 0 Å². The summed E-state index contributed by atoms with van der Waals surface area (Å²) in [4.78, 5) is 13.7. The van der Waals surface area contributed by atoms with Crippen molar-refractivity contribution in [1.29, 1.82) is 0 Å². The standard InChI is InChI=1S/C22H26N4O2/c1-25(2)20-15-26(14-19(20)17-6-8-18(27-3)9-7-17)13-16-11-23-22(24-12-16)21-5-4-10-28-21/h4-12,19-20H,13-15H2,1-3H3/t19-,20+/m0/s1. The van der Waals surface area contributed by atoms with Gasteiger partial charge in [-0.15, -0.1) is 0 Å². The molecule has 0 amide bonds. The van der Waals surface area contributed by atoms with Gasteiger partial charge in [0, 0.05) is 49.6 Å². The first-order chi connectivity index (χ1) is 13.6. The molecule has 3 heterocycles. The zero-order chi connectivity index (χ0) is 19.5. The average Bonchev–Trinajstić information content (AvgIpc) is 3.39. The topological polar surface area (TPSA) is 54.6 Å². The van der Waals surface area contributed by atoms with Crippen LogP contribution in [0.15, 0.2) is 59.5 Å². The Bertz CT molecular complexity index is 876. The Labute approximate surface area is 165 Å². The van der Waals surface area contributed by atoms with Gasteiger partial charge >= 0.3 is 0 Å². The van der Waals surface area contributed by atoms with Crippen LogP contribution < -0.4 is 4.74 Å². The molecule has 6 heteroatoms. The number of aromatic nitrogens is 2. The van der Waals surface area contributed by atoms with Gasteiger partial charge in [0.2, 0.25) is 0 Å². The molecule has 0 N–H and O–H groups in total. The van der Waals surface area contributed by atoms with Crippen molar-refractivity contribution in [2.75, 3.05) is 34.3 Å². The molecule has 1 aromatic carbocycles. The van der Waals surface area contributed by atoms with Gasteiger partial charge < -0.3 is 14.1 Å². The minimum absolute atomic E-state index is 0.462. The van der Waals surface area contributed by atoms with Gasteiger partial charge in [-0.25, -0.2) is 9.97 Å². The normalized spacial score (nSPS) is 20.0. The average molecular weight is 378 g/mol. The summed E-state index contributed by atoms with van der Waals surface area (Å²) in [6, 6.07) is 12.7. The predicted octanol–water partition coefficient (Wildman–Crippen LogP) is 3.27. The SMILES string of the molecule is COc1ccc([C@@H]2CN(Cc3cnc(-c4ccco4)nc3)C[C@H]2N(C)C)cc1. The molecule has 0 aliphatic carbocycles. The van der Waals surface area contributed by atoms with E-state index in [1.54, 1.807) is 13.4 Å². The first-order valence-corrected chi connectivity index (χ1v) is 9.51. The van der Waals surface area contributed by atoms with Gasteiger partial charge in [-0.1, -0.05) is 12.1 Å². The lowest BCUT2D eigenvalue weighted by Gasteiger charge is -2.25. The van der Waals surface area contributed by atoms with Crippen LogP contribution >= 0.6 is 0 Å². The molecule has 6 nitrogen and oxygen atoms in total. The monoisotopic (exact) mass is 378 g/mol. The Morgan fingerprint density at radius 1 is 1.11 bits per heavy atom. The molecule has 0 radical (unpaired) electrons. The fourth-order valence-corrected chi connectivity index (χ4v) is 3.92. The molecule has 146 valence electrons. The van der Waals surface area contributed by atoms with Crippen molar-refractivity contribution in [3.63, 3.8) is 0 Å². The van der Waals surface area contributed by atoms with Crippen LogP contribution in [0.5, 0.6) is 5.75 Å². The second-order valence-electron chi connectivity index (χ2n) is 7.50. The van der Waals surface area contributed by atoms with E-state index in [9.17, 15) is 0 Å². The van der Waals surface area contributed by atoms with Crippen LogP contribution in [0.1, 0.15) is 17.0 Å². The number of benzene rings is 1. The van der Waals surface area contributed by atoms with E-state index >= 15 is 0 Å². The third-order valence-electron chi connectivity index (χ3n) is 5.42. The number of likely N-dealkylation sites (tertiary alicyclic amines) is 1. The first kappa shape index (κ1) is 18.7. The zero-order valence-corrected chi connectivity index (χ0v) is 16.6. The summed E-state index contributed by atoms with van der Waals surface area (Å²) < 4.78 is 10.7. The Kier molecular flexibility index (Phi) is 5.41. The Morgan fingerprint density at radius 2 is 1.86 bits per heavy atom. The Morgan fingerprint density at radius 3 is 2.46 bits per heavy atom. The summed E-state index contributed by atoms with van der Waals surface area (Å²) in [5, 5.41) is 0. The van der Waals surface area contributed by atoms with Gasteiger partial charge in [0.1, 0.15) is 5.75 Å². The van der Waals surface area contributed by atoms with Crippen molar-refractivity contribution in [1.82, 2.24) is 19.8 Å². The molecule has 0 bridgehead atoms. The second kappa shape index (κ2) is 8.12. The van der Waals surface area contributed by atoms with Crippen molar-refractivity contribution < 1.29 is 9.15 Å². The highest BCUT2D eigenvalue weighted by molar-refractivity contribution is 5.45. The summed E-state index contributed by atoms with van der Waals surface area (Å²) in [6.07, 6.45) is 5.43. The highest BCUT2D eigenvalue weighted by Gasteiger charge is 2.35. The van der Waals surface area contributed by atoms with E-state index in [0.29, 0.717) is 23.5 Å². The maximum Gasteiger partial charge on any atom is 0.195 e. The summed E-state index contributed by atoms with van der Waals surface area (Å²) in [5.41, 5.74) is 2.47. The molecule has 3 aromatic rings. The van der Waals surface area contributed by atoms with Crippen molar-refractivity contribution in [2.24, 2.45) is 0 Å². The van der Waals surface area contributed by atoms with Crippen molar-refractivity contribution in [2.45, 2.75) is 18.5 Å². The van der Waals surface area contributed by atoms with Gasteiger partial charge in [0.05, 0.1) is 13.4 Å². The zero-order valence-electron chi connectivity index (χ0n) is 16.6. The van der Waals surface area contributed by atoms with E-state index in [1.807, 2.05) is 36.7 Å².